The van der Waals surface area contributed by atoms with Crippen molar-refractivity contribution in [2.24, 2.45) is 0 Å². The van der Waals surface area contributed by atoms with Crippen molar-refractivity contribution in [2.45, 2.75) is 37.8 Å². The Balaban J connectivity index is 3.10. The Labute approximate surface area is 156 Å². The Morgan fingerprint density at radius 1 is 0.655 bits per heavy atom. The Morgan fingerprint density at radius 2 is 1.14 bits per heavy atom. The zero-order valence-electron chi connectivity index (χ0n) is 14.5. The van der Waals surface area contributed by atoms with Gasteiger partial charge in [-0.05, 0) is 37.1 Å². The molecule has 0 amide bonds. The van der Waals surface area contributed by atoms with E-state index >= 15 is 4.39 Å². The summed E-state index contributed by atoms with van der Waals surface area (Å²) in [6.45, 7) is 1.90. The van der Waals surface area contributed by atoms with Crippen LogP contribution in [0.3, 0.4) is 0 Å². The molecule has 0 aliphatic carbocycles. The van der Waals surface area contributed by atoms with Crippen LogP contribution < -0.4 is 0 Å². The molecule has 0 radical (unpaired) electrons. The molecule has 2 aromatic rings. The number of aryl methyl sites for hydroxylation is 2. The molecule has 0 aliphatic heterocycles. The maximum atomic E-state index is 15.0. The van der Waals surface area contributed by atoms with Crippen LogP contribution in [0.4, 0.5) is 48.3 Å². The van der Waals surface area contributed by atoms with Crippen molar-refractivity contribution >= 4 is 0 Å². The molecule has 0 spiro atoms. The van der Waals surface area contributed by atoms with Gasteiger partial charge in [0, 0.05) is 5.56 Å². The largest absolute Gasteiger partial charge is 0.457 e. The van der Waals surface area contributed by atoms with Crippen LogP contribution in [0.5, 0.6) is 0 Å². The summed E-state index contributed by atoms with van der Waals surface area (Å²) in [5, 5.41) is 0. The fourth-order valence-electron chi connectivity index (χ4n) is 3.00. The van der Waals surface area contributed by atoms with E-state index < -0.39 is 57.8 Å². The Kier molecular flexibility index (Phi) is 5.44. The first-order chi connectivity index (χ1) is 13.0. The van der Waals surface area contributed by atoms with Gasteiger partial charge in [0.05, 0.1) is 5.56 Å². The lowest BCUT2D eigenvalue weighted by atomic mass is 9.80. The molecule has 0 bridgehead atoms. The van der Waals surface area contributed by atoms with E-state index in [9.17, 15) is 43.9 Å². The zero-order valence-corrected chi connectivity index (χ0v) is 14.5. The summed E-state index contributed by atoms with van der Waals surface area (Å²) in [6.07, 6.45) is -13.7. The number of alkyl halides is 9. The maximum absolute atomic E-state index is 15.0. The van der Waals surface area contributed by atoms with E-state index in [0.717, 1.165) is 26.0 Å². The molecule has 0 fully saturated rings. The minimum absolute atomic E-state index is 0.0708. The molecule has 0 aromatic heterocycles. The average molecular weight is 436 g/mol. The molecule has 2 rings (SSSR count). The van der Waals surface area contributed by atoms with Crippen LogP contribution in [0.25, 0.3) is 11.1 Å². The highest BCUT2D eigenvalue weighted by molar-refractivity contribution is 5.74. The summed E-state index contributed by atoms with van der Waals surface area (Å²) in [5.41, 5.74) is -12.2. The number of hydrogen-bond acceptors (Lipinski definition) is 0. The number of halogens is 11. The van der Waals surface area contributed by atoms with Crippen LogP contribution in [0.2, 0.25) is 0 Å². The molecule has 0 saturated carbocycles. The second-order valence-electron chi connectivity index (χ2n) is 6.33. The van der Waals surface area contributed by atoms with Crippen LogP contribution in [-0.2, 0) is 5.67 Å². The third kappa shape index (κ3) is 3.44. The molecule has 1 atom stereocenters. The van der Waals surface area contributed by atoms with E-state index in [1.807, 2.05) is 0 Å². The van der Waals surface area contributed by atoms with Crippen molar-refractivity contribution in [1.29, 1.82) is 0 Å². The molecule has 29 heavy (non-hydrogen) atoms. The van der Waals surface area contributed by atoms with Gasteiger partial charge in [0.2, 0.25) is 0 Å². The van der Waals surface area contributed by atoms with Gasteiger partial charge in [-0.3, -0.25) is 0 Å². The van der Waals surface area contributed by atoms with E-state index in [0.29, 0.717) is 12.1 Å². The highest BCUT2D eigenvalue weighted by Gasteiger charge is 2.82. The smallest absolute Gasteiger partial charge is 0.221 e. The molecule has 0 nitrogen and oxygen atoms in total. The molecule has 1 unspecified atom stereocenters. The second kappa shape index (κ2) is 6.88. The molecule has 0 heterocycles. The first kappa shape index (κ1) is 23.0. The SMILES string of the molecule is Cc1cc(C)c(-c2c(F)cccc2F)c(C(F)(C(F)(F)F)C(F)(F)C(F)(F)F)c1. The summed E-state index contributed by atoms with van der Waals surface area (Å²) < 4.78 is 150. The molecule has 160 valence electrons. The van der Waals surface area contributed by atoms with E-state index in [4.69, 9.17) is 0 Å². The summed E-state index contributed by atoms with van der Waals surface area (Å²) in [7, 11) is 0. The van der Waals surface area contributed by atoms with Gasteiger partial charge in [-0.15, -0.1) is 0 Å². The van der Waals surface area contributed by atoms with Crippen LogP contribution in [0, 0.1) is 25.5 Å². The highest BCUT2D eigenvalue weighted by atomic mass is 19.4. The first-order valence-corrected chi connectivity index (χ1v) is 7.73. The number of rotatable bonds is 3. The Hall–Kier alpha value is -2.33. The van der Waals surface area contributed by atoms with Gasteiger partial charge in [0.1, 0.15) is 11.6 Å². The molecule has 0 aliphatic rings. The van der Waals surface area contributed by atoms with Crippen molar-refractivity contribution < 1.29 is 48.3 Å². The van der Waals surface area contributed by atoms with Crippen LogP contribution in [-0.4, -0.2) is 18.3 Å². The predicted octanol–water partition coefficient (Wildman–Crippen LogP) is 7.17. The van der Waals surface area contributed by atoms with Gasteiger partial charge in [-0.2, -0.15) is 35.1 Å². The van der Waals surface area contributed by atoms with Crippen molar-refractivity contribution in [1.82, 2.24) is 0 Å². The third-order valence-electron chi connectivity index (χ3n) is 4.24. The molecule has 2 aromatic carbocycles. The quantitative estimate of drug-likeness (QED) is 0.448. The minimum atomic E-state index is -6.96. The summed E-state index contributed by atoms with van der Waals surface area (Å²) in [6, 6.07) is 2.90. The van der Waals surface area contributed by atoms with Crippen molar-refractivity contribution in [3.05, 3.63) is 58.7 Å². The molecule has 0 saturated heterocycles. The van der Waals surface area contributed by atoms with Crippen molar-refractivity contribution in [3.63, 3.8) is 0 Å². The zero-order chi connectivity index (χ0) is 22.6. The van der Waals surface area contributed by atoms with Crippen molar-refractivity contribution in [3.8, 4) is 11.1 Å². The van der Waals surface area contributed by atoms with Crippen LogP contribution in [0.1, 0.15) is 16.7 Å². The van der Waals surface area contributed by atoms with E-state index in [1.165, 1.54) is 0 Å². The maximum Gasteiger partial charge on any atom is 0.457 e. The summed E-state index contributed by atoms with van der Waals surface area (Å²) >= 11 is 0. The fourth-order valence-corrected chi connectivity index (χ4v) is 3.00. The molecule has 11 heteroatoms. The number of benzene rings is 2. The van der Waals surface area contributed by atoms with Gasteiger partial charge >= 0.3 is 23.9 Å². The Morgan fingerprint density at radius 3 is 1.55 bits per heavy atom. The normalized spacial score (nSPS) is 15.3. The first-order valence-electron chi connectivity index (χ1n) is 7.73. The predicted molar refractivity (Wildman–Crippen MR) is 81.1 cm³/mol. The minimum Gasteiger partial charge on any atom is -0.221 e. The lowest BCUT2D eigenvalue weighted by Gasteiger charge is -2.37. The number of hydrogen-bond donors (Lipinski definition) is 0. The van der Waals surface area contributed by atoms with Crippen LogP contribution in [0.15, 0.2) is 30.3 Å². The third-order valence-corrected chi connectivity index (χ3v) is 4.24. The lowest BCUT2D eigenvalue weighted by Crippen LogP contribution is -2.60. The van der Waals surface area contributed by atoms with Gasteiger partial charge in [0.15, 0.2) is 0 Å². The van der Waals surface area contributed by atoms with E-state index in [2.05, 4.69) is 0 Å². The van der Waals surface area contributed by atoms with Gasteiger partial charge in [-0.25, -0.2) is 13.2 Å². The average Bonchev–Trinajstić information content (AvgIpc) is 2.52. The van der Waals surface area contributed by atoms with Crippen LogP contribution >= 0.6 is 0 Å². The van der Waals surface area contributed by atoms with Gasteiger partial charge in [0.25, 0.3) is 0 Å². The van der Waals surface area contributed by atoms with Crippen molar-refractivity contribution in [2.75, 3.05) is 0 Å². The lowest BCUT2D eigenvalue weighted by molar-refractivity contribution is -0.389. The molecular formula is C18H11F11. The highest BCUT2D eigenvalue weighted by Crippen LogP contribution is 2.60. The molecular weight excluding hydrogens is 425 g/mol. The molecule has 0 N–H and O–H groups in total. The standard InChI is InChI=1S/C18H11F11/c1-8-6-9(2)13(14-11(19)4-3-5-12(14)20)10(7-8)15(21,17(24,25)26)16(22,23)18(27,28)29/h3-7H,1-2H3. The topological polar surface area (TPSA) is 0 Å². The van der Waals surface area contributed by atoms with Gasteiger partial charge < -0.3 is 0 Å². The second-order valence-corrected chi connectivity index (χ2v) is 6.33. The monoisotopic (exact) mass is 436 g/mol. The fraction of sp³-hybridized carbons (Fsp3) is 0.333. The van der Waals surface area contributed by atoms with Gasteiger partial charge in [-0.1, -0.05) is 23.8 Å². The summed E-state index contributed by atoms with van der Waals surface area (Å²) in [5.74, 6) is -10.1. The van der Waals surface area contributed by atoms with E-state index in [1.54, 1.807) is 0 Å². The summed E-state index contributed by atoms with van der Waals surface area (Å²) in [4.78, 5) is 0. The van der Waals surface area contributed by atoms with E-state index in [-0.39, 0.29) is 11.6 Å². The Bertz CT molecular complexity index is 904.